The normalized spacial score (nSPS) is 28.4. The van der Waals surface area contributed by atoms with Crippen LogP contribution in [0.4, 0.5) is 13.2 Å². The first-order chi connectivity index (χ1) is 8.28. The van der Waals surface area contributed by atoms with E-state index < -0.39 is 18.0 Å². The molecule has 3 nitrogen and oxygen atoms in total. The predicted molar refractivity (Wildman–Crippen MR) is 61.0 cm³/mol. The van der Waals surface area contributed by atoms with Gasteiger partial charge in [-0.15, -0.1) is 0 Å². The standard InChI is InChI=1S/C12H20F3NO2/c1-3-18-10(17)9-7-16-8-11(9,2)5-4-6-12(13,14)15/h9,16H,3-8H2,1-2H3. The van der Waals surface area contributed by atoms with Gasteiger partial charge in [-0.05, 0) is 25.2 Å². The van der Waals surface area contributed by atoms with Crippen LogP contribution in [-0.4, -0.2) is 31.8 Å². The Bertz CT molecular complexity index is 294. The Labute approximate surface area is 105 Å². The summed E-state index contributed by atoms with van der Waals surface area (Å²) in [6, 6.07) is 0. The number of esters is 1. The van der Waals surface area contributed by atoms with Crippen LogP contribution in [0.1, 0.15) is 33.1 Å². The minimum absolute atomic E-state index is 0.0532. The molecule has 1 aliphatic rings. The van der Waals surface area contributed by atoms with E-state index in [1.165, 1.54) is 0 Å². The number of carbonyl (C=O) groups excluding carboxylic acids is 1. The molecule has 2 unspecified atom stereocenters. The summed E-state index contributed by atoms with van der Waals surface area (Å²) in [6.45, 7) is 4.93. The van der Waals surface area contributed by atoms with Crippen molar-refractivity contribution in [3.63, 3.8) is 0 Å². The Morgan fingerprint density at radius 3 is 2.72 bits per heavy atom. The van der Waals surface area contributed by atoms with E-state index in [4.69, 9.17) is 4.74 Å². The van der Waals surface area contributed by atoms with E-state index in [-0.39, 0.29) is 18.3 Å². The Hall–Kier alpha value is -0.780. The summed E-state index contributed by atoms with van der Waals surface area (Å²) >= 11 is 0. The third-order valence-electron chi connectivity index (χ3n) is 3.50. The van der Waals surface area contributed by atoms with E-state index in [9.17, 15) is 18.0 Å². The Morgan fingerprint density at radius 1 is 1.50 bits per heavy atom. The predicted octanol–water partition coefficient (Wildman–Crippen LogP) is 2.51. The van der Waals surface area contributed by atoms with Crippen molar-refractivity contribution in [2.75, 3.05) is 19.7 Å². The van der Waals surface area contributed by atoms with Crippen molar-refractivity contribution in [1.29, 1.82) is 0 Å². The van der Waals surface area contributed by atoms with Gasteiger partial charge in [0.05, 0.1) is 12.5 Å². The first kappa shape index (κ1) is 15.3. The summed E-state index contributed by atoms with van der Waals surface area (Å²) in [5, 5.41) is 3.07. The number of alkyl halides is 3. The van der Waals surface area contributed by atoms with Crippen LogP contribution < -0.4 is 5.32 Å². The van der Waals surface area contributed by atoms with Gasteiger partial charge in [-0.1, -0.05) is 6.92 Å². The number of nitrogens with one attached hydrogen (secondary N) is 1. The molecular weight excluding hydrogens is 247 g/mol. The molecule has 0 aromatic carbocycles. The van der Waals surface area contributed by atoms with E-state index in [1.807, 2.05) is 6.92 Å². The molecule has 106 valence electrons. The van der Waals surface area contributed by atoms with Gasteiger partial charge < -0.3 is 10.1 Å². The van der Waals surface area contributed by atoms with Crippen LogP contribution in [0, 0.1) is 11.3 Å². The molecule has 1 N–H and O–H groups in total. The third-order valence-corrected chi connectivity index (χ3v) is 3.50. The van der Waals surface area contributed by atoms with Crippen LogP contribution in [0.25, 0.3) is 0 Å². The van der Waals surface area contributed by atoms with Gasteiger partial charge in [-0.2, -0.15) is 13.2 Å². The average Bonchev–Trinajstić information content (AvgIpc) is 2.58. The van der Waals surface area contributed by atoms with Gasteiger partial charge >= 0.3 is 12.1 Å². The van der Waals surface area contributed by atoms with Gasteiger partial charge in [0, 0.05) is 19.5 Å². The van der Waals surface area contributed by atoms with E-state index in [1.54, 1.807) is 6.92 Å². The molecule has 0 spiro atoms. The summed E-state index contributed by atoms with van der Waals surface area (Å²) in [7, 11) is 0. The summed E-state index contributed by atoms with van der Waals surface area (Å²) in [4.78, 5) is 11.7. The van der Waals surface area contributed by atoms with Crippen molar-refractivity contribution in [1.82, 2.24) is 5.32 Å². The quantitative estimate of drug-likeness (QED) is 0.778. The highest BCUT2D eigenvalue weighted by Crippen LogP contribution is 2.38. The highest BCUT2D eigenvalue weighted by Gasteiger charge is 2.44. The van der Waals surface area contributed by atoms with Crippen LogP contribution in [0.15, 0.2) is 0 Å². The SMILES string of the molecule is CCOC(=O)C1CNCC1(C)CCCC(F)(F)F. The molecule has 2 atom stereocenters. The fraction of sp³-hybridized carbons (Fsp3) is 0.917. The molecule has 1 aliphatic heterocycles. The Morgan fingerprint density at radius 2 is 2.17 bits per heavy atom. The van der Waals surface area contributed by atoms with Gasteiger partial charge in [0.25, 0.3) is 0 Å². The molecule has 1 saturated heterocycles. The number of rotatable bonds is 5. The van der Waals surface area contributed by atoms with Gasteiger partial charge in [-0.3, -0.25) is 4.79 Å². The number of hydrogen-bond donors (Lipinski definition) is 1. The zero-order chi connectivity index (χ0) is 13.8. The van der Waals surface area contributed by atoms with E-state index in [0.29, 0.717) is 26.1 Å². The van der Waals surface area contributed by atoms with Gasteiger partial charge in [0.15, 0.2) is 0 Å². The maximum Gasteiger partial charge on any atom is 0.389 e. The number of carbonyl (C=O) groups is 1. The van der Waals surface area contributed by atoms with Crippen LogP contribution in [0.5, 0.6) is 0 Å². The molecular formula is C12H20F3NO2. The van der Waals surface area contributed by atoms with Crippen molar-refractivity contribution < 1.29 is 22.7 Å². The summed E-state index contributed by atoms with van der Waals surface area (Å²) in [5.74, 6) is -0.650. The zero-order valence-electron chi connectivity index (χ0n) is 10.8. The Kier molecular flexibility index (Phi) is 5.01. The molecule has 0 aromatic rings. The second-order valence-electron chi connectivity index (χ2n) is 5.06. The lowest BCUT2D eigenvalue weighted by Crippen LogP contribution is -2.33. The highest BCUT2D eigenvalue weighted by atomic mass is 19.4. The van der Waals surface area contributed by atoms with Crippen molar-refractivity contribution in [2.45, 2.75) is 39.3 Å². The molecule has 0 aromatic heterocycles. The zero-order valence-corrected chi connectivity index (χ0v) is 10.8. The third kappa shape index (κ3) is 4.15. The van der Waals surface area contributed by atoms with Crippen molar-refractivity contribution in [3.8, 4) is 0 Å². The largest absolute Gasteiger partial charge is 0.466 e. The topological polar surface area (TPSA) is 38.3 Å². The fourth-order valence-electron chi connectivity index (χ4n) is 2.44. The average molecular weight is 267 g/mol. The minimum Gasteiger partial charge on any atom is -0.466 e. The van der Waals surface area contributed by atoms with Gasteiger partial charge in [0.1, 0.15) is 0 Å². The van der Waals surface area contributed by atoms with E-state index in [0.717, 1.165) is 0 Å². The van der Waals surface area contributed by atoms with Crippen LogP contribution in [0.3, 0.4) is 0 Å². The molecule has 0 radical (unpaired) electrons. The molecule has 0 amide bonds. The molecule has 18 heavy (non-hydrogen) atoms. The summed E-state index contributed by atoms with van der Waals surface area (Å²) in [6.07, 6.45) is -4.49. The molecule has 1 heterocycles. The van der Waals surface area contributed by atoms with Crippen LogP contribution >= 0.6 is 0 Å². The molecule has 0 bridgehead atoms. The van der Waals surface area contributed by atoms with E-state index in [2.05, 4.69) is 5.32 Å². The second-order valence-corrected chi connectivity index (χ2v) is 5.06. The lowest BCUT2D eigenvalue weighted by molar-refractivity contribution is -0.151. The fourth-order valence-corrected chi connectivity index (χ4v) is 2.44. The number of ether oxygens (including phenoxy) is 1. The number of halogens is 3. The smallest absolute Gasteiger partial charge is 0.389 e. The maximum atomic E-state index is 12.1. The van der Waals surface area contributed by atoms with Gasteiger partial charge in [-0.25, -0.2) is 0 Å². The minimum atomic E-state index is -4.12. The van der Waals surface area contributed by atoms with Crippen molar-refractivity contribution >= 4 is 5.97 Å². The van der Waals surface area contributed by atoms with Crippen molar-refractivity contribution in [3.05, 3.63) is 0 Å². The summed E-state index contributed by atoms with van der Waals surface area (Å²) < 4.78 is 41.3. The Balaban J connectivity index is 2.52. The second kappa shape index (κ2) is 5.91. The molecule has 1 fully saturated rings. The molecule has 0 saturated carbocycles. The van der Waals surface area contributed by atoms with Crippen molar-refractivity contribution in [2.24, 2.45) is 11.3 Å². The molecule has 0 aliphatic carbocycles. The monoisotopic (exact) mass is 267 g/mol. The first-order valence-corrected chi connectivity index (χ1v) is 6.22. The van der Waals surface area contributed by atoms with Gasteiger partial charge in [0.2, 0.25) is 0 Å². The summed E-state index contributed by atoms with van der Waals surface area (Å²) in [5.41, 5.74) is -0.433. The van der Waals surface area contributed by atoms with Crippen LogP contribution in [0.2, 0.25) is 0 Å². The first-order valence-electron chi connectivity index (χ1n) is 6.22. The van der Waals surface area contributed by atoms with E-state index >= 15 is 0 Å². The lowest BCUT2D eigenvalue weighted by atomic mass is 9.76. The van der Waals surface area contributed by atoms with Crippen LogP contribution in [-0.2, 0) is 9.53 Å². The lowest BCUT2D eigenvalue weighted by Gasteiger charge is -2.29. The highest BCUT2D eigenvalue weighted by molar-refractivity contribution is 5.74. The molecule has 1 rings (SSSR count). The maximum absolute atomic E-state index is 12.1. The molecule has 6 heteroatoms. The number of hydrogen-bond acceptors (Lipinski definition) is 3.